The van der Waals surface area contributed by atoms with Crippen molar-refractivity contribution < 1.29 is 28.5 Å². The average molecular weight is 376 g/mol. The van der Waals surface area contributed by atoms with Crippen LogP contribution in [0.25, 0.3) is 0 Å². The van der Waals surface area contributed by atoms with Gasteiger partial charge in [0.25, 0.3) is 0 Å². The predicted octanol–water partition coefficient (Wildman–Crippen LogP) is 0.913. The van der Waals surface area contributed by atoms with E-state index in [1.54, 1.807) is 4.90 Å². The molecule has 0 N–H and O–H groups in total. The van der Waals surface area contributed by atoms with E-state index in [2.05, 4.69) is 4.90 Å². The van der Waals surface area contributed by atoms with Gasteiger partial charge in [-0.05, 0) is 11.6 Å². The molecule has 0 bridgehead atoms. The fourth-order valence-electron chi connectivity index (χ4n) is 3.24. The Bertz CT molecular complexity index is 727. The molecule has 1 aromatic carbocycles. The van der Waals surface area contributed by atoms with Crippen molar-refractivity contribution in [1.82, 2.24) is 4.90 Å². The third-order valence-corrected chi connectivity index (χ3v) is 4.61. The number of esters is 2. The summed E-state index contributed by atoms with van der Waals surface area (Å²) in [5.41, 5.74) is 2.13. The first-order valence-electron chi connectivity index (χ1n) is 8.78. The summed E-state index contributed by atoms with van der Waals surface area (Å²) in [4.78, 5) is 28.6. The summed E-state index contributed by atoms with van der Waals surface area (Å²) in [5.74, 6) is -1.20. The smallest absolute Gasteiger partial charge is 0.355 e. The maximum Gasteiger partial charge on any atom is 0.355 e. The number of hydrogen-bond acceptors (Lipinski definition) is 8. The molecule has 0 saturated carbocycles. The van der Waals surface area contributed by atoms with E-state index in [1.807, 2.05) is 24.3 Å². The molecule has 0 unspecified atom stereocenters. The molecule has 8 nitrogen and oxygen atoms in total. The molecule has 0 spiro atoms. The minimum absolute atomic E-state index is 0.000757. The van der Waals surface area contributed by atoms with Crippen molar-refractivity contribution in [3.8, 4) is 0 Å². The van der Waals surface area contributed by atoms with E-state index in [-0.39, 0.29) is 24.6 Å². The number of para-hydroxylation sites is 1. The van der Waals surface area contributed by atoms with Crippen LogP contribution in [0.1, 0.15) is 5.56 Å². The van der Waals surface area contributed by atoms with Crippen molar-refractivity contribution in [2.75, 3.05) is 58.8 Å². The van der Waals surface area contributed by atoms with Crippen LogP contribution in [0.2, 0.25) is 0 Å². The van der Waals surface area contributed by atoms with Crippen molar-refractivity contribution in [3.63, 3.8) is 0 Å². The predicted molar refractivity (Wildman–Crippen MR) is 96.9 cm³/mol. The number of methoxy groups -OCH3 is 2. The largest absolute Gasteiger partial charge is 0.466 e. The molecule has 0 aliphatic carbocycles. The number of nitrogens with zero attached hydrogens (tertiary/aromatic N) is 2. The van der Waals surface area contributed by atoms with E-state index in [9.17, 15) is 9.59 Å². The van der Waals surface area contributed by atoms with Gasteiger partial charge in [-0.3, -0.25) is 4.90 Å². The van der Waals surface area contributed by atoms with Gasteiger partial charge in [-0.2, -0.15) is 0 Å². The fourth-order valence-corrected chi connectivity index (χ4v) is 3.24. The van der Waals surface area contributed by atoms with Gasteiger partial charge in [-0.1, -0.05) is 18.2 Å². The summed E-state index contributed by atoms with van der Waals surface area (Å²) >= 11 is 0. The van der Waals surface area contributed by atoms with Gasteiger partial charge in [0.2, 0.25) is 0 Å². The summed E-state index contributed by atoms with van der Waals surface area (Å²) in [6.07, 6.45) is 0. The lowest BCUT2D eigenvalue weighted by atomic mass is 10.1. The zero-order chi connectivity index (χ0) is 19.2. The number of carbonyl (C=O) groups excluding carboxylic acids is 2. The van der Waals surface area contributed by atoms with Gasteiger partial charge >= 0.3 is 11.9 Å². The molecule has 0 aromatic heterocycles. The number of rotatable bonds is 5. The highest BCUT2D eigenvalue weighted by atomic mass is 16.5. The molecule has 27 heavy (non-hydrogen) atoms. The van der Waals surface area contributed by atoms with Crippen LogP contribution < -0.4 is 4.90 Å². The van der Waals surface area contributed by atoms with Crippen LogP contribution in [0, 0.1) is 0 Å². The second-order valence-corrected chi connectivity index (χ2v) is 6.23. The number of anilines is 1. The molecule has 1 fully saturated rings. The second-order valence-electron chi connectivity index (χ2n) is 6.23. The molecule has 2 aliphatic heterocycles. The molecule has 2 heterocycles. The topological polar surface area (TPSA) is 77.5 Å². The molecule has 0 amide bonds. The maximum absolute atomic E-state index is 12.5. The quantitative estimate of drug-likeness (QED) is 0.702. The Morgan fingerprint density at radius 2 is 1.74 bits per heavy atom. The van der Waals surface area contributed by atoms with E-state index in [0.717, 1.165) is 24.3 Å². The Kier molecular flexibility index (Phi) is 6.44. The third kappa shape index (κ3) is 4.29. The number of morpholine rings is 1. The summed E-state index contributed by atoms with van der Waals surface area (Å²) in [6.45, 7) is 3.95. The molecule has 0 radical (unpaired) electrons. The van der Waals surface area contributed by atoms with Crippen LogP contribution in [0.3, 0.4) is 0 Å². The first-order chi connectivity index (χ1) is 13.2. The lowest BCUT2D eigenvalue weighted by Gasteiger charge is -2.34. The second kappa shape index (κ2) is 8.98. The normalized spacial score (nSPS) is 18.4. The molecule has 3 rings (SSSR count). The van der Waals surface area contributed by atoms with Gasteiger partial charge < -0.3 is 23.8 Å². The summed E-state index contributed by atoms with van der Waals surface area (Å²) < 4.78 is 20.7. The average Bonchev–Trinajstić information content (AvgIpc) is 2.73. The zero-order valence-electron chi connectivity index (χ0n) is 15.6. The Labute approximate surface area is 158 Å². The molecule has 2 aliphatic rings. The highest BCUT2D eigenvalue weighted by Crippen LogP contribution is 2.30. The van der Waals surface area contributed by atoms with Gasteiger partial charge in [0.1, 0.15) is 12.4 Å². The van der Waals surface area contributed by atoms with Gasteiger partial charge in [-0.25, -0.2) is 9.59 Å². The number of ether oxygens (including phenoxy) is 4. The van der Waals surface area contributed by atoms with E-state index in [0.29, 0.717) is 19.8 Å². The summed E-state index contributed by atoms with van der Waals surface area (Å²) in [7, 11) is 2.56. The lowest BCUT2D eigenvalue weighted by molar-refractivity contribution is -0.140. The molecular formula is C19H24N2O6. The molecular weight excluding hydrogens is 352 g/mol. The van der Waals surface area contributed by atoms with Crippen LogP contribution >= 0.6 is 0 Å². The van der Waals surface area contributed by atoms with E-state index in [1.165, 1.54) is 14.2 Å². The Morgan fingerprint density at radius 1 is 1.04 bits per heavy atom. The SMILES string of the molecule is COC(=O)C1=C(C(=O)OC)N(c2ccccc2CN2CCOCC2)COC1. The highest BCUT2D eigenvalue weighted by molar-refractivity contribution is 6.03. The Balaban J connectivity index is 1.98. The fraction of sp³-hybridized carbons (Fsp3) is 0.474. The van der Waals surface area contributed by atoms with Crippen LogP contribution in [0.15, 0.2) is 35.5 Å². The van der Waals surface area contributed by atoms with Crippen LogP contribution in [0.4, 0.5) is 5.69 Å². The standard InChI is InChI=1S/C19H24N2O6/c1-24-18(22)15-12-27-13-21(17(15)19(23)25-2)16-6-4-3-5-14(16)11-20-7-9-26-10-8-20/h3-6H,7-13H2,1-2H3. The van der Waals surface area contributed by atoms with Crippen molar-refractivity contribution >= 4 is 17.6 Å². The van der Waals surface area contributed by atoms with Crippen molar-refractivity contribution in [3.05, 3.63) is 41.1 Å². The first kappa shape index (κ1) is 19.3. The van der Waals surface area contributed by atoms with Crippen LogP contribution in [-0.2, 0) is 35.1 Å². The van der Waals surface area contributed by atoms with Gasteiger partial charge in [-0.15, -0.1) is 0 Å². The van der Waals surface area contributed by atoms with Crippen LogP contribution in [0.5, 0.6) is 0 Å². The van der Waals surface area contributed by atoms with Gasteiger partial charge in [0.15, 0.2) is 0 Å². The number of hydrogen-bond donors (Lipinski definition) is 0. The molecule has 146 valence electrons. The molecule has 8 heteroatoms. The Morgan fingerprint density at radius 3 is 2.44 bits per heavy atom. The van der Waals surface area contributed by atoms with E-state index in [4.69, 9.17) is 18.9 Å². The maximum atomic E-state index is 12.5. The van der Waals surface area contributed by atoms with Crippen LogP contribution in [-0.4, -0.2) is 70.7 Å². The van der Waals surface area contributed by atoms with E-state index < -0.39 is 11.9 Å². The summed E-state index contributed by atoms with van der Waals surface area (Å²) in [6, 6.07) is 7.75. The zero-order valence-corrected chi connectivity index (χ0v) is 15.6. The minimum atomic E-state index is -0.606. The molecule has 1 aromatic rings. The third-order valence-electron chi connectivity index (χ3n) is 4.61. The number of carbonyl (C=O) groups is 2. The van der Waals surface area contributed by atoms with E-state index >= 15 is 0 Å². The lowest BCUT2D eigenvalue weighted by Crippen LogP contribution is -2.40. The highest BCUT2D eigenvalue weighted by Gasteiger charge is 2.33. The Hall–Kier alpha value is -2.42. The van der Waals surface area contributed by atoms with Gasteiger partial charge in [0.05, 0.1) is 39.6 Å². The van der Waals surface area contributed by atoms with Crippen molar-refractivity contribution in [2.24, 2.45) is 0 Å². The van der Waals surface area contributed by atoms with Crippen molar-refractivity contribution in [2.45, 2.75) is 6.54 Å². The molecule has 1 saturated heterocycles. The molecule has 0 atom stereocenters. The van der Waals surface area contributed by atoms with Crippen molar-refractivity contribution in [1.29, 1.82) is 0 Å². The first-order valence-corrected chi connectivity index (χ1v) is 8.78. The van der Waals surface area contributed by atoms with Gasteiger partial charge in [0, 0.05) is 25.3 Å². The monoisotopic (exact) mass is 376 g/mol. The number of benzene rings is 1. The minimum Gasteiger partial charge on any atom is -0.466 e. The summed E-state index contributed by atoms with van der Waals surface area (Å²) in [5, 5.41) is 0.